The molecule has 0 aromatic rings. The number of thiol groups is 2. The molecule has 0 bridgehead atoms. The second-order valence-corrected chi connectivity index (χ2v) is 11.9. The number of nitrogens with two attached hydrogens (primary N) is 4. The molecule has 0 aromatic carbocycles. The van der Waals surface area contributed by atoms with E-state index in [0.29, 0.717) is 25.8 Å². The highest BCUT2D eigenvalue weighted by Gasteiger charge is 2.40. The molecule has 0 spiro atoms. The number of aliphatic carboxylic acids is 1. The summed E-state index contributed by atoms with van der Waals surface area (Å²) in [5, 5.41) is 29.1. The molecule has 19 nitrogen and oxygen atoms in total. The predicted molar refractivity (Wildman–Crippen MR) is 182 cm³/mol. The van der Waals surface area contributed by atoms with Crippen molar-refractivity contribution in [1.82, 2.24) is 31.5 Å². The van der Waals surface area contributed by atoms with Crippen molar-refractivity contribution >= 4 is 72.6 Å². The summed E-state index contributed by atoms with van der Waals surface area (Å²) in [4.78, 5) is 90.4. The van der Waals surface area contributed by atoms with Gasteiger partial charge in [-0.05, 0) is 51.5 Å². The van der Waals surface area contributed by atoms with E-state index in [-0.39, 0.29) is 56.2 Å². The Balaban J connectivity index is 3.23. The van der Waals surface area contributed by atoms with Crippen LogP contribution in [0.15, 0.2) is 0 Å². The Bertz CT molecular complexity index is 1160. The first-order chi connectivity index (χ1) is 22.7. The molecule has 272 valence electrons. The molecule has 0 radical (unpaired) electrons. The average molecular weight is 720 g/mol. The Kier molecular flexibility index (Phi) is 19.3. The molecule has 1 aliphatic heterocycles. The summed E-state index contributed by atoms with van der Waals surface area (Å²) in [5.41, 5.74) is 22.0. The van der Waals surface area contributed by atoms with Crippen molar-refractivity contribution < 1.29 is 38.7 Å². The van der Waals surface area contributed by atoms with Crippen LogP contribution in [0, 0.1) is 5.41 Å². The number of unbranched alkanes of at least 4 members (excludes halogenated alkanes) is 1. The maximum Gasteiger partial charge on any atom is 0.327 e. The summed E-state index contributed by atoms with van der Waals surface area (Å²) in [7, 11) is 0. The predicted octanol–water partition coefficient (Wildman–Crippen LogP) is -4.54. The summed E-state index contributed by atoms with van der Waals surface area (Å²) in [6, 6.07) is -7.27. The first-order valence-corrected chi connectivity index (χ1v) is 16.7. The SMILES string of the molecule is N=C(N)NCCC[C@H](NC(=O)[C@H](CCCCN)NC(=O)[C@@H](N)CS)C(=O)N1CCC[C@H]1C(=O)N[C@@H](CC(N)=O)C(=O)N[C@@H](CS)C(=O)O. The minimum absolute atomic E-state index is 0.0307. The van der Waals surface area contributed by atoms with Gasteiger partial charge in [-0.25, -0.2) is 4.79 Å². The van der Waals surface area contributed by atoms with Crippen molar-refractivity contribution in [3.8, 4) is 0 Å². The molecule has 6 atom stereocenters. The van der Waals surface area contributed by atoms with Gasteiger partial charge in [0.1, 0.15) is 30.2 Å². The molecule has 15 N–H and O–H groups in total. The lowest BCUT2D eigenvalue weighted by atomic mass is 10.0. The van der Waals surface area contributed by atoms with Gasteiger partial charge in [0.05, 0.1) is 12.5 Å². The van der Waals surface area contributed by atoms with Crippen LogP contribution < -0.4 is 49.5 Å². The number of hydrogen-bond acceptors (Lipinski definition) is 12. The van der Waals surface area contributed by atoms with Crippen molar-refractivity contribution in [2.45, 2.75) is 87.6 Å². The average Bonchev–Trinajstić information content (AvgIpc) is 3.53. The largest absolute Gasteiger partial charge is 0.480 e. The highest BCUT2D eigenvalue weighted by atomic mass is 32.1. The maximum atomic E-state index is 13.9. The number of likely N-dealkylation sites (tertiary alicyclic amines) is 1. The van der Waals surface area contributed by atoms with Crippen LogP contribution in [-0.4, -0.2) is 125 Å². The Morgan fingerprint density at radius 3 is 2.00 bits per heavy atom. The molecule has 1 heterocycles. The maximum absolute atomic E-state index is 13.9. The quantitative estimate of drug-likeness (QED) is 0.0218. The van der Waals surface area contributed by atoms with E-state index >= 15 is 0 Å². The van der Waals surface area contributed by atoms with E-state index in [1.807, 2.05) is 0 Å². The first kappa shape index (κ1) is 42.2. The van der Waals surface area contributed by atoms with Crippen LogP contribution in [0.3, 0.4) is 0 Å². The number of carboxylic acid groups (broad SMARTS) is 1. The molecule has 1 rings (SSSR count). The van der Waals surface area contributed by atoms with Crippen LogP contribution >= 0.6 is 25.3 Å². The number of amides is 6. The molecule has 6 amide bonds. The molecule has 1 aliphatic rings. The van der Waals surface area contributed by atoms with Gasteiger partial charge in [0.2, 0.25) is 35.4 Å². The highest BCUT2D eigenvalue weighted by Crippen LogP contribution is 2.20. The minimum atomic E-state index is -1.54. The number of guanidine groups is 1. The zero-order valence-electron chi connectivity index (χ0n) is 26.6. The number of nitrogens with zero attached hydrogens (tertiary/aromatic N) is 1. The minimum Gasteiger partial charge on any atom is -0.480 e. The van der Waals surface area contributed by atoms with E-state index in [0.717, 1.165) is 0 Å². The van der Waals surface area contributed by atoms with Crippen LogP contribution in [0.4, 0.5) is 0 Å². The van der Waals surface area contributed by atoms with Crippen LogP contribution in [-0.2, 0) is 33.6 Å². The number of carbonyl (C=O) groups is 7. The molecule has 0 aromatic heterocycles. The van der Waals surface area contributed by atoms with E-state index in [1.165, 1.54) is 4.90 Å². The number of primary amides is 1. The van der Waals surface area contributed by atoms with Crippen LogP contribution in [0.5, 0.6) is 0 Å². The molecule has 1 saturated heterocycles. The van der Waals surface area contributed by atoms with Gasteiger partial charge >= 0.3 is 5.97 Å². The highest BCUT2D eigenvalue weighted by molar-refractivity contribution is 7.80. The fourth-order valence-electron chi connectivity index (χ4n) is 4.82. The van der Waals surface area contributed by atoms with E-state index in [1.54, 1.807) is 0 Å². The number of rotatable bonds is 22. The van der Waals surface area contributed by atoms with Crippen LogP contribution in [0.1, 0.15) is 51.4 Å². The van der Waals surface area contributed by atoms with E-state index < -0.39 is 84.1 Å². The standard InChI is InChI=1S/C27H49N11O8S2/c28-8-2-1-5-15(34-21(40)14(29)12-47)22(41)35-16(6-3-9-33-27(31)32)25(44)38-10-4-7-19(38)24(43)36-17(11-20(30)39)23(42)37-18(13-48)26(45)46/h14-19,47-48H,1-13,28-29H2,(H2,30,39)(H,34,40)(H,35,41)(H,36,43)(H,37,42)(H,45,46)(H4,31,32,33)/t14-,15-,16-,17-,18-,19-/m0/s1. The zero-order valence-corrected chi connectivity index (χ0v) is 28.4. The smallest absolute Gasteiger partial charge is 0.327 e. The van der Waals surface area contributed by atoms with Gasteiger partial charge in [0.15, 0.2) is 5.96 Å². The molecule has 0 aliphatic carbocycles. The summed E-state index contributed by atoms with van der Waals surface area (Å²) in [5.74, 6) is -6.54. The van der Waals surface area contributed by atoms with Crippen molar-refractivity contribution in [1.29, 1.82) is 5.41 Å². The normalized spacial score (nSPS) is 17.2. The summed E-state index contributed by atoms with van der Waals surface area (Å²) in [6.45, 7) is 0.675. The van der Waals surface area contributed by atoms with Crippen LogP contribution in [0.25, 0.3) is 0 Å². The topological polar surface area (TPSA) is 331 Å². The second kappa shape index (κ2) is 21.9. The number of carboxylic acids is 1. The number of carbonyl (C=O) groups excluding carboxylic acids is 6. The second-order valence-electron chi connectivity index (χ2n) is 11.2. The van der Waals surface area contributed by atoms with Gasteiger partial charge < -0.3 is 59.5 Å². The third-order valence-electron chi connectivity index (χ3n) is 7.39. The lowest BCUT2D eigenvalue weighted by Crippen LogP contribution is -2.59. The molecule has 48 heavy (non-hydrogen) atoms. The lowest BCUT2D eigenvalue weighted by molar-refractivity contribution is -0.143. The molecular weight excluding hydrogens is 671 g/mol. The van der Waals surface area contributed by atoms with Crippen molar-refractivity contribution in [3.05, 3.63) is 0 Å². The van der Waals surface area contributed by atoms with E-state index in [9.17, 15) is 38.7 Å². The van der Waals surface area contributed by atoms with Crippen molar-refractivity contribution in [2.24, 2.45) is 22.9 Å². The van der Waals surface area contributed by atoms with Crippen molar-refractivity contribution in [2.75, 3.05) is 31.1 Å². The Morgan fingerprint density at radius 1 is 0.833 bits per heavy atom. The fraction of sp³-hybridized carbons (Fsp3) is 0.704. The molecule has 1 fully saturated rings. The molecule has 21 heteroatoms. The fourth-order valence-corrected chi connectivity index (χ4v) is 5.23. The van der Waals surface area contributed by atoms with Crippen LogP contribution in [0.2, 0.25) is 0 Å². The Labute approximate surface area is 289 Å². The Hall–Kier alpha value is -3.82. The van der Waals surface area contributed by atoms with Gasteiger partial charge in [-0.15, -0.1) is 0 Å². The molecular formula is C27H49N11O8S2. The number of nitrogens with one attached hydrogen (secondary N) is 6. The van der Waals surface area contributed by atoms with Gasteiger partial charge in [-0.2, -0.15) is 25.3 Å². The van der Waals surface area contributed by atoms with Gasteiger partial charge in [-0.1, -0.05) is 0 Å². The van der Waals surface area contributed by atoms with Gasteiger partial charge in [0, 0.05) is 24.6 Å². The summed E-state index contributed by atoms with van der Waals surface area (Å²) >= 11 is 7.91. The lowest BCUT2D eigenvalue weighted by Gasteiger charge is -2.31. The van der Waals surface area contributed by atoms with Crippen molar-refractivity contribution in [3.63, 3.8) is 0 Å². The van der Waals surface area contributed by atoms with Gasteiger partial charge in [0.25, 0.3) is 0 Å². The third-order valence-corrected chi connectivity index (χ3v) is 8.15. The first-order valence-electron chi connectivity index (χ1n) is 15.4. The molecule has 0 saturated carbocycles. The van der Waals surface area contributed by atoms with E-state index in [4.69, 9.17) is 28.3 Å². The van der Waals surface area contributed by atoms with E-state index in [2.05, 4.69) is 51.8 Å². The molecule has 0 unspecified atom stereocenters. The van der Waals surface area contributed by atoms with Gasteiger partial charge in [-0.3, -0.25) is 34.2 Å². The summed E-state index contributed by atoms with van der Waals surface area (Å²) < 4.78 is 0. The Morgan fingerprint density at radius 2 is 1.44 bits per heavy atom. The summed E-state index contributed by atoms with van der Waals surface area (Å²) in [6.07, 6.45) is 1.52. The monoisotopic (exact) mass is 719 g/mol. The number of hydrogen-bond donors (Lipinski definition) is 13. The zero-order chi connectivity index (χ0) is 36.4. The third kappa shape index (κ3) is 14.5.